The number of furan rings is 1. The molecule has 0 aliphatic heterocycles. The number of benzene rings is 3. The second-order valence-corrected chi connectivity index (χ2v) is 11.5. The predicted octanol–water partition coefficient (Wildman–Crippen LogP) is 8.66. The lowest BCUT2D eigenvalue weighted by Crippen LogP contribution is -2.32. The van der Waals surface area contributed by atoms with Gasteiger partial charge in [0, 0.05) is 27.8 Å². The van der Waals surface area contributed by atoms with Crippen LogP contribution in [0.15, 0.2) is 65.2 Å². The van der Waals surface area contributed by atoms with Gasteiger partial charge in [-0.25, -0.2) is 4.57 Å². The highest BCUT2D eigenvalue weighted by Gasteiger charge is 2.45. The molecule has 0 radical (unpaired) electrons. The maximum atomic E-state index is 6.78. The van der Waals surface area contributed by atoms with Crippen LogP contribution >= 0.6 is 0 Å². The Morgan fingerprint density at radius 2 is 1.61 bits per heavy atom. The van der Waals surface area contributed by atoms with Crippen LogP contribution < -0.4 is 4.57 Å². The van der Waals surface area contributed by atoms with E-state index in [1.54, 1.807) is 0 Å². The van der Waals surface area contributed by atoms with Gasteiger partial charge in [0.1, 0.15) is 18.2 Å². The van der Waals surface area contributed by atoms with Crippen molar-refractivity contribution in [1.29, 1.82) is 0 Å². The highest BCUT2D eigenvalue weighted by Crippen LogP contribution is 2.58. The minimum Gasteiger partial charge on any atom is -0.455 e. The van der Waals surface area contributed by atoms with E-state index in [2.05, 4.69) is 100 Å². The molecule has 1 saturated carbocycles. The first kappa shape index (κ1) is 21.9. The minimum atomic E-state index is 0.173. The zero-order valence-corrected chi connectivity index (χ0v) is 22.0. The zero-order valence-electron chi connectivity index (χ0n) is 22.0. The summed E-state index contributed by atoms with van der Waals surface area (Å²) in [5, 5.41) is 2.48. The van der Waals surface area contributed by atoms with Crippen molar-refractivity contribution in [3.05, 3.63) is 88.6 Å². The largest absolute Gasteiger partial charge is 0.455 e. The van der Waals surface area contributed by atoms with Gasteiger partial charge in [-0.1, -0.05) is 63.1 Å². The van der Waals surface area contributed by atoms with Crippen molar-refractivity contribution in [2.45, 2.75) is 64.7 Å². The van der Waals surface area contributed by atoms with E-state index in [1.165, 1.54) is 86.7 Å². The van der Waals surface area contributed by atoms with Crippen LogP contribution in [0, 0.1) is 13.8 Å². The first-order valence-electron chi connectivity index (χ1n) is 13.5. The Morgan fingerprint density at radius 1 is 0.833 bits per heavy atom. The molecule has 7 rings (SSSR count). The molecule has 5 aromatic rings. The number of nitrogens with zero attached hydrogens (tertiary/aromatic N) is 1. The zero-order chi connectivity index (χ0) is 24.8. The number of aryl methyl sites for hydroxylation is 3. The van der Waals surface area contributed by atoms with E-state index in [4.69, 9.17) is 4.42 Å². The van der Waals surface area contributed by atoms with E-state index in [9.17, 15) is 0 Å². The standard InChI is InChI=1S/C34H34NO/c1-20(2)25-17-30(35(5)19-22(25)4)32-21(3)12-13-24-27-16-29-26(18-31(27)36-33(24)32)23-10-6-7-11-28(23)34(29)14-8-9-15-34/h6-7,10-13,16-20H,8-9,14-15H2,1-5H3/q+1. The number of rotatable bonds is 2. The fourth-order valence-electron chi connectivity index (χ4n) is 7.39. The molecule has 2 aromatic heterocycles. The minimum absolute atomic E-state index is 0.173. The van der Waals surface area contributed by atoms with Crippen molar-refractivity contribution in [2.75, 3.05) is 0 Å². The molecule has 0 atom stereocenters. The molecular formula is C34H34NO+. The summed E-state index contributed by atoms with van der Waals surface area (Å²) in [6.45, 7) is 8.98. The van der Waals surface area contributed by atoms with Crippen LogP contribution in [-0.4, -0.2) is 0 Å². The summed E-state index contributed by atoms with van der Waals surface area (Å²) in [4.78, 5) is 0. The molecule has 36 heavy (non-hydrogen) atoms. The van der Waals surface area contributed by atoms with Crippen molar-refractivity contribution in [3.63, 3.8) is 0 Å². The summed E-state index contributed by atoms with van der Waals surface area (Å²) in [7, 11) is 2.16. The number of hydrogen-bond donors (Lipinski definition) is 0. The number of fused-ring (bicyclic) bond motifs is 8. The van der Waals surface area contributed by atoms with Crippen LogP contribution in [0.4, 0.5) is 0 Å². The van der Waals surface area contributed by atoms with Gasteiger partial charge in [0.2, 0.25) is 5.69 Å². The Balaban J connectivity index is 1.53. The normalized spacial score (nSPS) is 15.9. The molecule has 0 bridgehead atoms. The van der Waals surface area contributed by atoms with E-state index in [0.717, 1.165) is 11.2 Å². The van der Waals surface area contributed by atoms with Gasteiger partial charge in [-0.15, -0.1) is 0 Å². The number of pyridine rings is 1. The lowest BCUT2D eigenvalue weighted by molar-refractivity contribution is -0.660. The van der Waals surface area contributed by atoms with E-state index in [1.807, 2.05) is 0 Å². The van der Waals surface area contributed by atoms with Crippen molar-refractivity contribution in [1.82, 2.24) is 0 Å². The number of aromatic nitrogens is 1. The fourth-order valence-corrected chi connectivity index (χ4v) is 7.39. The second kappa shape index (κ2) is 7.56. The van der Waals surface area contributed by atoms with E-state index >= 15 is 0 Å². The SMILES string of the molecule is Cc1c[n+](C)c(-c2c(C)ccc3c2oc2cc4c(cc23)C2(CCCC2)c2ccccc2-4)cc1C(C)C. The Morgan fingerprint density at radius 3 is 2.39 bits per heavy atom. The van der Waals surface area contributed by atoms with Crippen molar-refractivity contribution in [2.24, 2.45) is 7.05 Å². The third-order valence-corrected chi connectivity index (χ3v) is 9.09. The second-order valence-electron chi connectivity index (χ2n) is 11.5. The maximum Gasteiger partial charge on any atom is 0.216 e. The molecule has 0 unspecified atom stereocenters. The monoisotopic (exact) mass is 472 g/mol. The molecule has 0 saturated heterocycles. The third kappa shape index (κ3) is 2.82. The summed E-state index contributed by atoms with van der Waals surface area (Å²) in [6, 6.07) is 20.8. The summed E-state index contributed by atoms with van der Waals surface area (Å²) in [6.07, 6.45) is 7.38. The molecule has 1 spiro atoms. The van der Waals surface area contributed by atoms with Crippen molar-refractivity contribution >= 4 is 21.9 Å². The molecule has 3 aromatic carbocycles. The van der Waals surface area contributed by atoms with Gasteiger partial charge >= 0.3 is 0 Å². The average molecular weight is 473 g/mol. The molecule has 180 valence electrons. The van der Waals surface area contributed by atoms with E-state index in [0.29, 0.717) is 5.92 Å². The first-order valence-corrected chi connectivity index (χ1v) is 13.5. The van der Waals surface area contributed by atoms with Crippen LogP contribution in [0.3, 0.4) is 0 Å². The summed E-state index contributed by atoms with van der Waals surface area (Å²) >= 11 is 0. The van der Waals surface area contributed by atoms with Crippen molar-refractivity contribution in [3.8, 4) is 22.4 Å². The van der Waals surface area contributed by atoms with Gasteiger partial charge in [0.05, 0.1) is 5.56 Å². The Kier molecular flexibility index (Phi) is 4.59. The van der Waals surface area contributed by atoms with Crippen LogP contribution in [0.2, 0.25) is 0 Å². The topological polar surface area (TPSA) is 17.0 Å². The fraction of sp³-hybridized carbons (Fsp3) is 0.324. The summed E-state index contributed by atoms with van der Waals surface area (Å²) in [5.74, 6) is 0.478. The molecule has 2 nitrogen and oxygen atoms in total. The molecule has 0 N–H and O–H groups in total. The van der Waals surface area contributed by atoms with Crippen LogP contribution in [0.1, 0.15) is 73.3 Å². The Hall–Kier alpha value is -3.39. The molecule has 2 aliphatic carbocycles. The molecule has 2 heterocycles. The molecule has 2 heteroatoms. The molecule has 1 fully saturated rings. The smallest absolute Gasteiger partial charge is 0.216 e. The quantitative estimate of drug-likeness (QED) is 0.235. The van der Waals surface area contributed by atoms with Gasteiger partial charge in [0.25, 0.3) is 0 Å². The van der Waals surface area contributed by atoms with Crippen LogP contribution in [-0.2, 0) is 12.5 Å². The maximum absolute atomic E-state index is 6.78. The summed E-state index contributed by atoms with van der Waals surface area (Å²) < 4.78 is 9.05. The van der Waals surface area contributed by atoms with Gasteiger partial charge < -0.3 is 4.42 Å². The van der Waals surface area contributed by atoms with Crippen molar-refractivity contribution < 1.29 is 8.98 Å². The summed E-state index contributed by atoms with van der Waals surface area (Å²) in [5.41, 5.74) is 14.4. The van der Waals surface area contributed by atoms with Gasteiger partial charge in [-0.3, -0.25) is 0 Å². The van der Waals surface area contributed by atoms with Gasteiger partial charge in [-0.05, 0) is 78.1 Å². The Bertz CT molecular complexity index is 1690. The first-order chi connectivity index (χ1) is 17.4. The predicted molar refractivity (Wildman–Crippen MR) is 149 cm³/mol. The molecule has 0 amide bonds. The Labute approximate surface area is 213 Å². The lowest BCUT2D eigenvalue weighted by Gasteiger charge is -2.26. The molecule has 2 aliphatic rings. The van der Waals surface area contributed by atoms with Gasteiger partial charge in [0.15, 0.2) is 6.20 Å². The molecular weight excluding hydrogens is 438 g/mol. The number of hydrogen-bond acceptors (Lipinski definition) is 1. The highest BCUT2D eigenvalue weighted by molar-refractivity contribution is 6.11. The highest BCUT2D eigenvalue weighted by atomic mass is 16.3. The van der Waals surface area contributed by atoms with E-state index < -0.39 is 0 Å². The third-order valence-electron chi connectivity index (χ3n) is 9.09. The average Bonchev–Trinajstić information content (AvgIpc) is 3.55. The van der Waals surface area contributed by atoms with E-state index in [-0.39, 0.29) is 5.41 Å². The van der Waals surface area contributed by atoms with Crippen LogP contribution in [0.5, 0.6) is 0 Å². The van der Waals surface area contributed by atoms with Crippen LogP contribution in [0.25, 0.3) is 44.3 Å². The lowest BCUT2D eigenvalue weighted by atomic mass is 9.76. The van der Waals surface area contributed by atoms with Gasteiger partial charge in [-0.2, -0.15) is 0 Å².